The zero-order valence-electron chi connectivity index (χ0n) is 13.5. The van der Waals surface area contributed by atoms with Gasteiger partial charge >= 0.3 is 0 Å². The summed E-state index contributed by atoms with van der Waals surface area (Å²) in [7, 11) is 0. The fourth-order valence-corrected chi connectivity index (χ4v) is 2.75. The summed E-state index contributed by atoms with van der Waals surface area (Å²) < 4.78 is 1.82. The van der Waals surface area contributed by atoms with Gasteiger partial charge in [-0.2, -0.15) is 10.4 Å². The molecule has 0 amide bonds. The first-order valence-electron chi connectivity index (χ1n) is 8.06. The van der Waals surface area contributed by atoms with Gasteiger partial charge in [0, 0.05) is 18.2 Å². The van der Waals surface area contributed by atoms with Crippen LogP contribution in [0.2, 0.25) is 0 Å². The van der Waals surface area contributed by atoms with Crippen LogP contribution in [0, 0.1) is 11.3 Å². The van der Waals surface area contributed by atoms with Crippen molar-refractivity contribution in [1.82, 2.24) is 19.7 Å². The van der Waals surface area contributed by atoms with Gasteiger partial charge in [0.05, 0.1) is 40.9 Å². The highest BCUT2D eigenvalue weighted by Crippen LogP contribution is 2.20. The lowest BCUT2D eigenvalue weighted by Gasteiger charge is -2.04. The molecule has 120 valence electrons. The first kappa shape index (κ1) is 15.0. The molecule has 0 unspecified atom stereocenters. The number of nitrogens with zero attached hydrogens (tertiary/aromatic N) is 5. The minimum atomic E-state index is 0.514. The Hall–Kier alpha value is -3.52. The molecule has 2 heterocycles. The number of para-hydroxylation sites is 2. The standard InChI is InChI=1S/C20H15N5/c21-10-4-6-15-5-3-7-17(11-15)25-14-16(12-23-25)20-13-22-18-8-1-2-9-19(18)24-20/h1-3,5,7-9,11-14H,4,6H2. The number of fused-ring (bicyclic) bond motifs is 1. The number of nitriles is 1. The lowest BCUT2D eigenvalue weighted by atomic mass is 10.1. The van der Waals surface area contributed by atoms with Gasteiger partial charge in [-0.1, -0.05) is 24.3 Å². The van der Waals surface area contributed by atoms with Crippen LogP contribution in [-0.4, -0.2) is 19.7 Å². The minimum Gasteiger partial charge on any atom is -0.252 e. The van der Waals surface area contributed by atoms with Gasteiger partial charge in [0.2, 0.25) is 0 Å². The van der Waals surface area contributed by atoms with E-state index in [9.17, 15) is 0 Å². The van der Waals surface area contributed by atoms with E-state index in [4.69, 9.17) is 5.26 Å². The molecule has 5 heteroatoms. The van der Waals surface area contributed by atoms with Crippen molar-refractivity contribution in [3.63, 3.8) is 0 Å². The molecule has 0 bridgehead atoms. The molecule has 0 fully saturated rings. The molecule has 0 saturated carbocycles. The van der Waals surface area contributed by atoms with E-state index in [1.807, 2.05) is 53.3 Å². The molecule has 0 aliphatic heterocycles. The average Bonchev–Trinajstić information content (AvgIpc) is 3.16. The molecule has 0 aliphatic carbocycles. The van der Waals surface area contributed by atoms with Gasteiger partial charge in [-0.15, -0.1) is 0 Å². The van der Waals surface area contributed by atoms with E-state index >= 15 is 0 Å². The van der Waals surface area contributed by atoms with Crippen molar-refractivity contribution < 1.29 is 0 Å². The van der Waals surface area contributed by atoms with E-state index in [0.717, 1.165) is 40.0 Å². The Morgan fingerprint density at radius 1 is 1.00 bits per heavy atom. The van der Waals surface area contributed by atoms with Gasteiger partial charge in [-0.25, -0.2) is 9.67 Å². The molecule has 0 aliphatic rings. The summed E-state index contributed by atoms with van der Waals surface area (Å²) in [4.78, 5) is 9.12. The summed E-state index contributed by atoms with van der Waals surface area (Å²) in [6.45, 7) is 0. The molecular weight excluding hydrogens is 310 g/mol. The molecule has 4 rings (SSSR count). The summed E-state index contributed by atoms with van der Waals surface area (Å²) in [5.41, 5.74) is 5.55. The number of rotatable bonds is 4. The first-order valence-corrected chi connectivity index (χ1v) is 8.06. The van der Waals surface area contributed by atoms with Gasteiger partial charge in [0.25, 0.3) is 0 Å². The van der Waals surface area contributed by atoms with Gasteiger partial charge in [-0.3, -0.25) is 4.98 Å². The zero-order chi connectivity index (χ0) is 17.1. The Morgan fingerprint density at radius 3 is 2.76 bits per heavy atom. The molecule has 0 saturated heterocycles. The number of hydrogen-bond acceptors (Lipinski definition) is 4. The molecule has 0 N–H and O–H groups in total. The fourth-order valence-electron chi connectivity index (χ4n) is 2.75. The van der Waals surface area contributed by atoms with Crippen LogP contribution in [0.15, 0.2) is 67.1 Å². The second-order valence-corrected chi connectivity index (χ2v) is 5.75. The molecule has 2 aromatic heterocycles. The highest BCUT2D eigenvalue weighted by Gasteiger charge is 2.07. The van der Waals surface area contributed by atoms with E-state index in [1.54, 1.807) is 12.4 Å². The maximum atomic E-state index is 8.74. The molecule has 25 heavy (non-hydrogen) atoms. The van der Waals surface area contributed by atoms with Gasteiger partial charge < -0.3 is 0 Å². The van der Waals surface area contributed by atoms with Gasteiger partial charge in [0.1, 0.15) is 0 Å². The third kappa shape index (κ3) is 3.10. The quantitative estimate of drug-likeness (QED) is 0.570. The van der Waals surface area contributed by atoms with E-state index in [0.29, 0.717) is 6.42 Å². The summed E-state index contributed by atoms with van der Waals surface area (Å²) >= 11 is 0. The Kier molecular flexibility index (Phi) is 3.93. The molecule has 5 nitrogen and oxygen atoms in total. The van der Waals surface area contributed by atoms with Crippen LogP contribution in [0.4, 0.5) is 0 Å². The van der Waals surface area contributed by atoms with E-state index in [-0.39, 0.29) is 0 Å². The van der Waals surface area contributed by atoms with Crippen molar-refractivity contribution in [2.75, 3.05) is 0 Å². The average molecular weight is 325 g/mol. The fraction of sp³-hybridized carbons (Fsp3) is 0.100. The normalized spacial score (nSPS) is 10.7. The van der Waals surface area contributed by atoms with Gasteiger partial charge in [-0.05, 0) is 36.2 Å². The monoisotopic (exact) mass is 325 g/mol. The van der Waals surface area contributed by atoms with Crippen molar-refractivity contribution in [2.45, 2.75) is 12.8 Å². The van der Waals surface area contributed by atoms with Crippen molar-refractivity contribution in [3.8, 4) is 23.0 Å². The Bertz CT molecular complexity index is 1070. The van der Waals surface area contributed by atoms with Crippen LogP contribution in [0.5, 0.6) is 0 Å². The van der Waals surface area contributed by atoms with Crippen molar-refractivity contribution in [1.29, 1.82) is 5.26 Å². The van der Waals surface area contributed by atoms with E-state index in [1.165, 1.54) is 0 Å². The second-order valence-electron chi connectivity index (χ2n) is 5.75. The van der Waals surface area contributed by atoms with Crippen LogP contribution >= 0.6 is 0 Å². The molecule has 0 radical (unpaired) electrons. The summed E-state index contributed by atoms with van der Waals surface area (Å²) in [5, 5.41) is 13.2. The van der Waals surface area contributed by atoms with Crippen molar-refractivity contribution in [3.05, 3.63) is 72.7 Å². The predicted molar refractivity (Wildman–Crippen MR) is 96.0 cm³/mol. The maximum Gasteiger partial charge on any atom is 0.0924 e. The van der Waals surface area contributed by atoms with Crippen molar-refractivity contribution >= 4 is 11.0 Å². The van der Waals surface area contributed by atoms with Crippen LogP contribution in [0.1, 0.15) is 12.0 Å². The Labute approximate surface area is 145 Å². The molecule has 4 aromatic rings. The highest BCUT2D eigenvalue weighted by atomic mass is 15.3. The third-order valence-corrected chi connectivity index (χ3v) is 4.03. The number of aromatic nitrogens is 4. The third-order valence-electron chi connectivity index (χ3n) is 4.03. The molecule has 2 aromatic carbocycles. The van der Waals surface area contributed by atoms with Crippen LogP contribution < -0.4 is 0 Å². The summed E-state index contributed by atoms with van der Waals surface area (Å²) in [5.74, 6) is 0. The number of aryl methyl sites for hydroxylation is 1. The minimum absolute atomic E-state index is 0.514. The predicted octanol–water partition coefficient (Wildman–Crippen LogP) is 3.94. The van der Waals surface area contributed by atoms with Crippen LogP contribution in [0.3, 0.4) is 0 Å². The van der Waals surface area contributed by atoms with Crippen molar-refractivity contribution in [2.24, 2.45) is 0 Å². The Morgan fingerprint density at radius 2 is 1.88 bits per heavy atom. The van der Waals surface area contributed by atoms with Crippen LogP contribution in [-0.2, 0) is 6.42 Å². The first-order chi connectivity index (χ1) is 12.3. The van der Waals surface area contributed by atoms with Crippen LogP contribution in [0.25, 0.3) is 28.0 Å². The number of benzene rings is 2. The maximum absolute atomic E-state index is 8.74. The summed E-state index contributed by atoms with van der Waals surface area (Å²) in [6, 6.07) is 18.1. The number of hydrogen-bond donors (Lipinski definition) is 0. The molecule has 0 spiro atoms. The van der Waals surface area contributed by atoms with Gasteiger partial charge in [0.15, 0.2) is 0 Å². The SMILES string of the molecule is N#CCCc1cccc(-n2cc(-c3cnc4ccccc4n3)cn2)c1. The topological polar surface area (TPSA) is 67.4 Å². The second kappa shape index (κ2) is 6.54. The zero-order valence-corrected chi connectivity index (χ0v) is 13.5. The Balaban J connectivity index is 1.66. The van der Waals surface area contributed by atoms with E-state index in [2.05, 4.69) is 27.2 Å². The highest BCUT2D eigenvalue weighted by molar-refractivity contribution is 5.76. The lowest BCUT2D eigenvalue weighted by molar-refractivity contribution is 0.875. The molecular formula is C20H15N5. The summed E-state index contributed by atoms with van der Waals surface area (Å²) in [6.07, 6.45) is 6.77. The molecule has 0 atom stereocenters. The largest absolute Gasteiger partial charge is 0.252 e. The lowest BCUT2D eigenvalue weighted by Crippen LogP contribution is -1.95. The smallest absolute Gasteiger partial charge is 0.0924 e. The van der Waals surface area contributed by atoms with E-state index < -0.39 is 0 Å².